The van der Waals surface area contributed by atoms with Crippen LogP contribution in [0.3, 0.4) is 0 Å². The van der Waals surface area contributed by atoms with Crippen molar-refractivity contribution in [2.75, 3.05) is 25.5 Å². The van der Waals surface area contributed by atoms with Gasteiger partial charge in [0.2, 0.25) is 0 Å². The average molecular weight is 206 g/mol. The molecule has 15 heavy (non-hydrogen) atoms. The zero-order valence-electron chi connectivity index (χ0n) is 8.96. The maximum Gasteiger partial charge on any atom is 0.0351 e. The lowest BCUT2D eigenvalue weighted by Gasteiger charge is -2.09. The fourth-order valence-corrected chi connectivity index (χ4v) is 1.42. The van der Waals surface area contributed by atoms with Crippen LogP contribution in [0.5, 0.6) is 0 Å². The molecule has 1 aromatic rings. The summed E-state index contributed by atoms with van der Waals surface area (Å²) >= 11 is 0. The lowest BCUT2D eigenvalue weighted by atomic mass is 10.0. The molecule has 0 atom stereocenters. The van der Waals surface area contributed by atoms with E-state index in [9.17, 15) is 0 Å². The predicted octanol–water partition coefficient (Wildman–Crippen LogP) is 0.534. The van der Waals surface area contributed by atoms with E-state index in [1.54, 1.807) is 0 Å². The van der Waals surface area contributed by atoms with Gasteiger partial charge in [0, 0.05) is 25.8 Å². The number of hydrazine groups is 1. The summed E-state index contributed by atoms with van der Waals surface area (Å²) in [5, 5.41) is 3.10. The van der Waals surface area contributed by atoms with Crippen molar-refractivity contribution in [3.8, 4) is 0 Å². The molecule has 0 amide bonds. The highest BCUT2D eigenvalue weighted by Crippen LogP contribution is 2.17. The molecule has 0 aliphatic heterocycles. The third kappa shape index (κ3) is 3.36. The molecule has 0 unspecified atom stereocenters. The molecule has 4 heteroatoms. The van der Waals surface area contributed by atoms with Gasteiger partial charge < -0.3 is 11.1 Å². The van der Waals surface area contributed by atoms with Crippen LogP contribution >= 0.6 is 0 Å². The molecule has 4 nitrogen and oxygen atoms in total. The first-order valence-electron chi connectivity index (χ1n) is 4.92. The summed E-state index contributed by atoms with van der Waals surface area (Å²) in [6, 6.07) is 8.12. The fourth-order valence-electron chi connectivity index (χ4n) is 1.42. The zero-order chi connectivity index (χ0) is 11.1. The molecular weight excluding hydrogens is 188 g/mol. The molecule has 0 aliphatic rings. The van der Waals surface area contributed by atoms with Gasteiger partial charge in [0.05, 0.1) is 0 Å². The Labute approximate surface area is 90.3 Å². The molecule has 0 bridgehead atoms. The molecule has 82 valence electrons. The van der Waals surface area contributed by atoms with Crippen LogP contribution in [-0.4, -0.2) is 20.1 Å². The van der Waals surface area contributed by atoms with Gasteiger partial charge in [-0.05, 0) is 23.3 Å². The van der Waals surface area contributed by atoms with Crippen molar-refractivity contribution in [1.82, 2.24) is 5.43 Å². The number of nitrogens with one attached hydrogen (secondary N) is 2. The van der Waals surface area contributed by atoms with Crippen molar-refractivity contribution < 1.29 is 0 Å². The number of hydrogen-bond acceptors (Lipinski definition) is 4. The van der Waals surface area contributed by atoms with Crippen molar-refractivity contribution in [3.63, 3.8) is 0 Å². The van der Waals surface area contributed by atoms with Gasteiger partial charge in [-0.25, -0.2) is 0 Å². The highest BCUT2D eigenvalue weighted by Gasteiger charge is 2.00. The average Bonchev–Trinajstić information content (AvgIpc) is 2.29. The molecule has 0 saturated carbocycles. The second-order valence-electron chi connectivity index (χ2n) is 3.18. The van der Waals surface area contributed by atoms with Crippen molar-refractivity contribution in [2.45, 2.75) is 0 Å². The number of anilines is 1. The van der Waals surface area contributed by atoms with Crippen molar-refractivity contribution in [2.24, 2.45) is 11.6 Å². The number of nitrogens with two attached hydrogens (primary N) is 2. The Morgan fingerprint density at radius 1 is 1.47 bits per heavy atom. The van der Waals surface area contributed by atoms with E-state index in [1.165, 1.54) is 0 Å². The molecule has 0 spiro atoms. The van der Waals surface area contributed by atoms with E-state index < -0.39 is 0 Å². The minimum atomic E-state index is 0.515. The standard InChI is InChI=1S/C11H18N4/c1-14-11-4-2-3-9(7-11)10(5-6-12)8-15-13/h2-5,7,14-15H,6,8,12-13H2,1H3/b10-5+. The van der Waals surface area contributed by atoms with Gasteiger partial charge >= 0.3 is 0 Å². The van der Waals surface area contributed by atoms with E-state index in [4.69, 9.17) is 11.6 Å². The molecule has 0 aromatic heterocycles. The SMILES string of the molecule is CNc1cccc(/C(=C/CN)CNN)c1. The molecule has 1 rings (SSSR count). The second kappa shape index (κ2) is 6.19. The highest BCUT2D eigenvalue weighted by molar-refractivity contribution is 5.70. The molecule has 0 fully saturated rings. The van der Waals surface area contributed by atoms with Crippen LogP contribution in [0.25, 0.3) is 5.57 Å². The Hall–Kier alpha value is -1.36. The largest absolute Gasteiger partial charge is 0.388 e. The smallest absolute Gasteiger partial charge is 0.0351 e. The Bertz CT molecular complexity index is 333. The number of rotatable bonds is 5. The van der Waals surface area contributed by atoms with Crippen LogP contribution in [0.15, 0.2) is 30.3 Å². The van der Waals surface area contributed by atoms with E-state index in [0.29, 0.717) is 13.1 Å². The van der Waals surface area contributed by atoms with Crippen LogP contribution in [0.2, 0.25) is 0 Å². The van der Waals surface area contributed by atoms with E-state index >= 15 is 0 Å². The molecule has 0 aliphatic carbocycles. The van der Waals surface area contributed by atoms with E-state index in [0.717, 1.165) is 16.8 Å². The fraction of sp³-hybridized carbons (Fsp3) is 0.273. The third-order valence-corrected chi connectivity index (χ3v) is 2.18. The third-order valence-electron chi connectivity index (χ3n) is 2.18. The Morgan fingerprint density at radius 3 is 2.87 bits per heavy atom. The first-order valence-corrected chi connectivity index (χ1v) is 4.92. The molecule has 0 heterocycles. The Balaban J connectivity index is 2.95. The monoisotopic (exact) mass is 206 g/mol. The van der Waals surface area contributed by atoms with E-state index in [2.05, 4.69) is 16.8 Å². The van der Waals surface area contributed by atoms with Gasteiger partial charge in [0.15, 0.2) is 0 Å². The minimum Gasteiger partial charge on any atom is -0.388 e. The summed E-state index contributed by atoms with van der Waals surface area (Å²) < 4.78 is 0. The van der Waals surface area contributed by atoms with Gasteiger partial charge in [-0.1, -0.05) is 18.2 Å². The normalized spacial score (nSPS) is 11.5. The van der Waals surface area contributed by atoms with Crippen molar-refractivity contribution >= 4 is 11.3 Å². The Morgan fingerprint density at radius 2 is 2.27 bits per heavy atom. The van der Waals surface area contributed by atoms with Gasteiger partial charge in [0.1, 0.15) is 0 Å². The minimum absolute atomic E-state index is 0.515. The van der Waals surface area contributed by atoms with Crippen molar-refractivity contribution in [1.29, 1.82) is 0 Å². The van der Waals surface area contributed by atoms with Crippen LogP contribution in [0, 0.1) is 0 Å². The van der Waals surface area contributed by atoms with Crippen molar-refractivity contribution in [3.05, 3.63) is 35.9 Å². The first kappa shape index (κ1) is 11.7. The van der Waals surface area contributed by atoms with E-state index in [-0.39, 0.29) is 0 Å². The lowest BCUT2D eigenvalue weighted by molar-refractivity contribution is 0.832. The quantitative estimate of drug-likeness (QED) is 0.419. The van der Waals surface area contributed by atoms with Gasteiger partial charge in [-0.2, -0.15) is 0 Å². The van der Waals surface area contributed by atoms with E-state index in [1.807, 2.05) is 31.3 Å². The molecule has 6 N–H and O–H groups in total. The maximum atomic E-state index is 5.51. The highest BCUT2D eigenvalue weighted by atomic mass is 15.2. The summed E-state index contributed by atoms with van der Waals surface area (Å²) in [7, 11) is 1.90. The topological polar surface area (TPSA) is 76.1 Å². The molecular formula is C11H18N4. The molecule has 1 aromatic carbocycles. The van der Waals surface area contributed by atoms with Crippen LogP contribution in [0.4, 0.5) is 5.69 Å². The number of benzene rings is 1. The zero-order valence-corrected chi connectivity index (χ0v) is 8.96. The maximum absolute atomic E-state index is 5.51. The summed E-state index contributed by atoms with van der Waals surface area (Å²) in [5.74, 6) is 5.32. The van der Waals surface area contributed by atoms with Gasteiger partial charge in [-0.15, -0.1) is 0 Å². The Kier molecular flexibility index (Phi) is 4.83. The number of hydrogen-bond donors (Lipinski definition) is 4. The van der Waals surface area contributed by atoms with Crippen LogP contribution in [-0.2, 0) is 0 Å². The predicted molar refractivity (Wildman–Crippen MR) is 65.2 cm³/mol. The first-order chi connectivity index (χ1) is 7.31. The summed E-state index contributed by atoms with van der Waals surface area (Å²) in [5.41, 5.74) is 11.5. The van der Waals surface area contributed by atoms with Crippen LogP contribution in [0.1, 0.15) is 5.56 Å². The summed E-state index contributed by atoms with van der Waals surface area (Å²) in [4.78, 5) is 0. The summed E-state index contributed by atoms with van der Waals surface area (Å²) in [6.45, 7) is 1.13. The second-order valence-corrected chi connectivity index (χ2v) is 3.18. The van der Waals surface area contributed by atoms with Gasteiger partial charge in [0.25, 0.3) is 0 Å². The van der Waals surface area contributed by atoms with Gasteiger partial charge in [-0.3, -0.25) is 11.3 Å². The van der Waals surface area contributed by atoms with Crippen LogP contribution < -0.4 is 22.3 Å². The summed E-state index contributed by atoms with van der Waals surface area (Å²) in [6.07, 6.45) is 1.97. The lowest BCUT2D eigenvalue weighted by Crippen LogP contribution is -2.24. The molecule has 0 saturated heterocycles. The molecule has 0 radical (unpaired) electrons.